The van der Waals surface area contributed by atoms with E-state index in [4.69, 9.17) is 37.0 Å². The Morgan fingerprint density at radius 2 is 0.659 bits per heavy atom. The first-order chi connectivity index (χ1) is 39.5. The van der Waals surface area contributed by atoms with Gasteiger partial charge in [0, 0.05) is 25.7 Å². The van der Waals surface area contributed by atoms with Crippen molar-refractivity contribution in [2.75, 3.05) is 39.6 Å². The van der Waals surface area contributed by atoms with Crippen LogP contribution in [0.25, 0.3) is 0 Å². The van der Waals surface area contributed by atoms with E-state index >= 15 is 0 Å². The Kier molecular flexibility index (Phi) is 54.7. The van der Waals surface area contributed by atoms with Gasteiger partial charge >= 0.3 is 39.5 Å². The Bertz CT molecular complexity index is 1690. The lowest BCUT2D eigenvalue weighted by Gasteiger charge is -2.21. The molecular formula is C63H118O17P2. The third-order valence-electron chi connectivity index (χ3n) is 13.9. The zero-order valence-electron chi connectivity index (χ0n) is 52.1. The monoisotopic (exact) mass is 1210 g/mol. The molecule has 0 amide bonds. The minimum absolute atomic E-state index is 0.0847. The van der Waals surface area contributed by atoms with Crippen LogP contribution in [0.1, 0.15) is 291 Å². The summed E-state index contributed by atoms with van der Waals surface area (Å²) in [6.45, 7) is 7.03. The number of esters is 4. The number of carbonyl (C=O) groups is 4. The van der Waals surface area contributed by atoms with E-state index in [-0.39, 0.29) is 25.7 Å². The van der Waals surface area contributed by atoms with Gasteiger partial charge < -0.3 is 33.8 Å². The highest BCUT2D eigenvalue weighted by Gasteiger charge is 2.30. The molecule has 0 bridgehead atoms. The number of rotatable bonds is 61. The summed E-state index contributed by atoms with van der Waals surface area (Å²) in [4.78, 5) is 71.9. The third kappa shape index (κ3) is 56.7. The molecule has 0 aliphatic heterocycles. The molecule has 0 rings (SSSR count). The van der Waals surface area contributed by atoms with E-state index in [1.165, 1.54) is 77.0 Å². The van der Waals surface area contributed by atoms with Crippen LogP contribution in [0.2, 0.25) is 0 Å². The summed E-state index contributed by atoms with van der Waals surface area (Å²) >= 11 is 0. The Morgan fingerprint density at radius 1 is 0.378 bits per heavy atom. The molecule has 0 saturated heterocycles. The Hall–Kier alpha value is -2.46. The largest absolute Gasteiger partial charge is 0.472 e. The van der Waals surface area contributed by atoms with Gasteiger partial charge in [-0.25, -0.2) is 9.13 Å². The zero-order valence-corrected chi connectivity index (χ0v) is 53.9. The number of unbranched alkanes of at least 4 members (excludes halogenated alkanes) is 30. The van der Waals surface area contributed by atoms with Gasteiger partial charge in [-0.3, -0.25) is 37.3 Å². The van der Waals surface area contributed by atoms with E-state index in [1.54, 1.807) is 0 Å². The number of phosphoric acid groups is 2. The van der Waals surface area contributed by atoms with E-state index in [9.17, 15) is 43.2 Å². The molecule has 0 spiro atoms. The van der Waals surface area contributed by atoms with Crippen LogP contribution in [0.4, 0.5) is 0 Å². The van der Waals surface area contributed by atoms with Crippen molar-refractivity contribution in [1.29, 1.82) is 0 Å². The molecule has 19 heteroatoms. The summed E-state index contributed by atoms with van der Waals surface area (Å²) in [6, 6.07) is 0. The lowest BCUT2D eigenvalue weighted by Crippen LogP contribution is -2.30. The highest BCUT2D eigenvalue weighted by Crippen LogP contribution is 2.45. The smallest absolute Gasteiger partial charge is 0.462 e. The molecule has 0 aliphatic carbocycles. The summed E-state index contributed by atoms with van der Waals surface area (Å²) in [5.41, 5.74) is 0. The molecule has 0 aliphatic rings. The molecule has 3 N–H and O–H groups in total. The third-order valence-corrected chi connectivity index (χ3v) is 15.8. The predicted molar refractivity (Wildman–Crippen MR) is 326 cm³/mol. The van der Waals surface area contributed by atoms with E-state index in [2.05, 4.69) is 58.9 Å². The van der Waals surface area contributed by atoms with Crippen LogP contribution in [0, 0.1) is 5.92 Å². The van der Waals surface area contributed by atoms with Crippen molar-refractivity contribution in [1.82, 2.24) is 0 Å². The second-order valence-electron chi connectivity index (χ2n) is 22.6. The standard InChI is InChI=1S/C63H118O17P2/c1-6-9-12-15-18-19-20-21-22-23-24-29-34-39-44-49-63(68)80-59(53-74-61(66)47-42-37-33-28-26-25-27-32-35-40-45-56(4)5)55-78-82(71,72)76-51-57(64)50-75-81(69,70)77-54-58(79-62(67)48-43-38-31-17-14-11-8-3)52-73-60(65)46-41-36-30-16-13-10-7-2/h19-22,56-59,64H,6-18,23-55H2,1-5H3,(H,69,70)(H,71,72)/b20-19-,22-21-/t57-,58+,59+/m0/s1. The Labute approximate surface area is 497 Å². The molecule has 0 aromatic heterocycles. The highest BCUT2D eigenvalue weighted by atomic mass is 31.2. The second kappa shape index (κ2) is 56.4. The van der Waals surface area contributed by atoms with Gasteiger partial charge in [0.25, 0.3) is 0 Å². The number of ether oxygens (including phenoxy) is 4. The van der Waals surface area contributed by atoms with Gasteiger partial charge in [0.15, 0.2) is 12.2 Å². The van der Waals surface area contributed by atoms with Gasteiger partial charge in [-0.2, -0.15) is 0 Å². The van der Waals surface area contributed by atoms with Gasteiger partial charge in [0.1, 0.15) is 19.3 Å². The number of phosphoric ester groups is 2. The van der Waals surface area contributed by atoms with Crippen molar-refractivity contribution < 1.29 is 80.2 Å². The molecule has 0 aromatic carbocycles. The van der Waals surface area contributed by atoms with Crippen molar-refractivity contribution in [3.05, 3.63) is 24.3 Å². The first-order valence-corrected chi connectivity index (χ1v) is 35.4. The van der Waals surface area contributed by atoms with Gasteiger partial charge in [0.2, 0.25) is 0 Å². The van der Waals surface area contributed by atoms with Gasteiger partial charge in [-0.1, -0.05) is 239 Å². The molecular weight excluding hydrogens is 1090 g/mol. The quantitative estimate of drug-likeness (QED) is 0.0169. The highest BCUT2D eigenvalue weighted by molar-refractivity contribution is 7.47. The number of aliphatic hydroxyl groups excluding tert-OH is 1. The number of carbonyl (C=O) groups excluding carboxylic acids is 4. The summed E-state index contributed by atoms with van der Waals surface area (Å²) in [6.07, 6.45) is 42.8. The van der Waals surface area contributed by atoms with Crippen molar-refractivity contribution >= 4 is 39.5 Å². The van der Waals surface area contributed by atoms with Crippen LogP contribution < -0.4 is 0 Å². The predicted octanol–water partition coefficient (Wildman–Crippen LogP) is 17.0. The van der Waals surface area contributed by atoms with Crippen LogP contribution in [0.5, 0.6) is 0 Å². The van der Waals surface area contributed by atoms with E-state index in [1.807, 2.05) is 0 Å². The van der Waals surface area contributed by atoms with Crippen molar-refractivity contribution in [2.24, 2.45) is 5.92 Å². The maximum absolute atomic E-state index is 13.0. The van der Waals surface area contributed by atoms with Crippen LogP contribution in [0.3, 0.4) is 0 Å². The topological polar surface area (TPSA) is 237 Å². The molecule has 17 nitrogen and oxygen atoms in total. The first-order valence-electron chi connectivity index (χ1n) is 32.5. The van der Waals surface area contributed by atoms with E-state index < -0.39 is 97.5 Å². The average molecular weight is 1210 g/mol. The fraction of sp³-hybridized carbons (Fsp3) is 0.873. The Balaban J connectivity index is 5.23. The summed E-state index contributed by atoms with van der Waals surface area (Å²) < 4.78 is 67.7. The molecule has 0 heterocycles. The molecule has 482 valence electrons. The van der Waals surface area contributed by atoms with Crippen molar-refractivity contribution in [3.8, 4) is 0 Å². The van der Waals surface area contributed by atoms with E-state index in [0.717, 1.165) is 134 Å². The van der Waals surface area contributed by atoms with Gasteiger partial charge in [0.05, 0.1) is 26.4 Å². The van der Waals surface area contributed by atoms with Gasteiger partial charge in [-0.15, -0.1) is 0 Å². The normalized spacial score (nSPS) is 14.5. The van der Waals surface area contributed by atoms with Crippen LogP contribution in [-0.2, 0) is 65.4 Å². The number of hydrogen-bond donors (Lipinski definition) is 3. The molecule has 0 aromatic rings. The second-order valence-corrected chi connectivity index (χ2v) is 25.5. The van der Waals surface area contributed by atoms with Crippen molar-refractivity contribution in [2.45, 2.75) is 310 Å². The van der Waals surface area contributed by atoms with Crippen molar-refractivity contribution in [3.63, 3.8) is 0 Å². The molecule has 0 fully saturated rings. The van der Waals surface area contributed by atoms with Crippen LogP contribution in [-0.4, -0.2) is 96.7 Å². The lowest BCUT2D eigenvalue weighted by atomic mass is 10.0. The summed E-state index contributed by atoms with van der Waals surface area (Å²) in [5, 5.41) is 10.5. The molecule has 5 atom stereocenters. The molecule has 0 saturated carbocycles. The van der Waals surface area contributed by atoms with E-state index in [0.29, 0.717) is 25.7 Å². The average Bonchev–Trinajstić information content (AvgIpc) is 3.45. The van der Waals surface area contributed by atoms with Crippen LogP contribution in [0.15, 0.2) is 24.3 Å². The number of hydrogen-bond acceptors (Lipinski definition) is 15. The summed E-state index contributed by atoms with van der Waals surface area (Å²) in [5.74, 6) is -1.42. The van der Waals surface area contributed by atoms with Gasteiger partial charge in [-0.05, 0) is 57.3 Å². The molecule has 2 unspecified atom stereocenters. The minimum atomic E-state index is -4.95. The lowest BCUT2D eigenvalue weighted by molar-refractivity contribution is -0.161. The number of allylic oxidation sites excluding steroid dienone is 4. The van der Waals surface area contributed by atoms with Crippen LogP contribution >= 0.6 is 15.6 Å². The SMILES string of the molecule is CCCCCC/C=C\C=C/CCCCCCCC(=O)O[C@H](COC(=O)CCCCCCCCCCCCC(C)C)COP(=O)(O)OC[C@@H](O)COP(=O)(O)OC[C@@H](COC(=O)CCCCCCCCC)OC(=O)CCCCCCCCC. The number of aliphatic hydroxyl groups is 1. The zero-order chi connectivity index (χ0) is 60.6. The fourth-order valence-electron chi connectivity index (χ4n) is 8.87. The fourth-order valence-corrected chi connectivity index (χ4v) is 10.4. The molecule has 82 heavy (non-hydrogen) atoms. The maximum atomic E-state index is 13.0. The first kappa shape index (κ1) is 79.5. The maximum Gasteiger partial charge on any atom is 0.472 e. The summed E-state index contributed by atoms with van der Waals surface area (Å²) in [7, 11) is -9.89. The minimum Gasteiger partial charge on any atom is -0.462 e. The molecule has 0 radical (unpaired) electrons. The Morgan fingerprint density at radius 3 is 1.00 bits per heavy atom.